The lowest BCUT2D eigenvalue weighted by Gasteiger charge is -2.39. The minimum atomic E-state index is -2.04. The van der Waals surface area contributed by atoms with Gasteiger partial charge in [0.15, 0.2) is 8.32 Å². The summed E-state index contributed by atoms with van der Waals surface area (Å²) in [5.41, 5.74) is -0.521. The summed E-state index contributed by atoms with van der Waals surface area (Å²) in [4.78, 5) is 19.9. The molecule has 0 spiro atoms. The number of thiazole rings is 1. The number of amides is 1. The fourth-order valence-corrected chi connectivity index (χ4v) is 5.62. The highest BCUT2D eigenvalue weighted by Crippen LogP contribution is 2.45. The highest BCUT2D eigenvalue weighted by atomic mass is 32.1. The van der Waals surface area contributed by atoms with Gasteiger partial charge in [0.25, 0.3) is 0 Å². The van der Waals surface area contributed by atoms with Crippen LogP contribution in [0.3, 0.4) is 0 Å². The molecule has 1 aliphatic rings. The average Bonchev–Trinajstić information content (AvgIpc) is 3.15. The molecule has 178 valence electrons. The third-order valence-electron chi connectivity index (χ3n) is 6.24. The van der Waals surface area contributed by atoms with Gasteiger partial charge in [-0.2, -0.15) is 0 Å². The van der Waals surface area contributed by atoms with Gasteiger partial charge in [0.05, 0.1) is 22.9 Å². The van der Waals surface area contributed by atoms with Crippen LogP contribution in [0.2, 0.25) is 18.1 Å². The van der Waals surface area contributed by atoms with Crippen molar-refractivity contribution in [3.63, 3.8) is 0 Å². The van der Waals surface area contributed by atoms with Gasteiger partial charge < -0.3 is 13.9 Å². The first-order valence-corrected chi connectivity index (χ1v) is 14.9. The molecule has 1 aromatic carbocycles. The van der Waals surface area contributed by atoms with Gasteiger partial charge in [-0.15, -0.1) is 11.3 Å². The first-order valence-electron chi connectivity index (χ1n) is 11.2. The lowest BCUT2D eigenvalue weighted by molar-refractivity contribution is -0.0799. The molecule has 0 saturated carbocycles. The Morgan fingerprint density at radius 2 is 1.81 bits per heavy atom. The summed E-state index contributed by atoms with van der Waals surface area (Å²) < 4.78 is 20.0. The maximum absolute atomic E-state index is 13.3. The number of aromatic nitrogens is 1. The monoisotopic (exact) mass is 478 g/mol. The maximum Gasteiger partial charge on any atom is 0.413 e. The molecule has 1 amide bonds. The van der Waals surface area contributed by atoms with Crippen LogP contribution >= 0.6 is 11.3 Å². The van der Waals surface area contributed by atoms with Crippen LogP contribution in [-0.2, 0) is 13.9 Å². The Balaban J connectivity index is 1.99. The molecule has 3 rings (SSSR count). The van der Waals surface area contributed by atoms with Crippen molar-refractivity contribution in [2.75, 3.05) is 6.61 Å². The van der Waals surface area contributed by atoms with Gasteiger partial charge in [-0.05, 0) is 64.9 Å². The van der Waals surface area contributed by atoms with E-state index in [0.29, 0.717) is 6.61 Å². The molecule has 1 aliphatic heterocycles. The van der Waals surface area contributed by atoms with E-state index < -0.39 is 25.7 Å². The van der Waals surface area contributed by atoms with E-state index in [-0.39, 0.29) is 17.2 Å². The number of nitrogens with zero attached hydrogens (tertiary/aromatic N) is 2. The Morgan fingerprint density at radius 1 is 1.19 bits per heavy atom. The van der Waals surface area contributed by atoms with Gasteiger partial charge in [0, 0.05) is 0 Å². The fourth-order valence-electron chi connectivity index (χ4n) is 3.55. The van der Waals surface area contributed by atoms with Crippen molar-refractivity contribution in [2.45, 2.75) is 97.0 Å². The van der Waals surface area contributed by atoms with E-state index >= 15 is 0 Å². The molecule has 2 heterocycles. The normalized spacial score (nSPS) is 21.9. The summed E-state index contributed by atoms with van der Waals surface area (Å²) >= 11 is 1.61. The summed E-state index contributed by atoms with van der Waals surface area (Å²) in [7, 11) is -2.04. The lowest BCUT2D eigenvalue weighted by atomic mass is 10.1. The largest absolute Gasteiger partial charge is 0.444 e. The van der Waals surface area contributed by atoms with E-state index in [1.54, 1.807) is 16.2 Å². The predicted octanol–water partition coefficient (Wildman–Crippen LogP) is 6.73. The van der Waals surface area contributed by atoms with Crippen LogP contribution < -0.4 is 0 Å². The second-order valence-electron chi connectivity index (χ2n) is 11.5. The van der Waals surface area contributed by atoms with Gasteiger partial charge in [0.2, 0.25) is 0 Å². The number of hydrogen-bond donors (Lipinski definition) is 0. The summed E-state index contributed by atoms with van der Waals surface area (Å²) in [6.45, 7) is 20.9. The van der Waals surface area contributed by atoms with Gasteiger partial charge in [0.1, 0.15) is 22.4 Å². The fraction of sp³-hybridized carbons (Fsp3) is 0.667. The Kier molecular flexibility index (Phi) is 6.59. The SMILES string of the molecule is CC(C)(C)OC(=O)N1[C@@H](CO[Si](C)(C)C(C)(C)C)C(c2nc3ccccc3s2)OC1(C)C. The second kappa shape index (κ2) is 8.38. The molecule has 2 atom stereocenters. The molecular formula is C24H38N2O4SSi. The molecule has 1 aromatic heterocycles. The molecule has 6 nitrogen and oxygen atoms in total. The number of para-hydroxylation sites is 1. The highest BCUT2D eigenvalue weighted by Gasteiger charge is 2.53. The Morgan fingerprint density at radius 3 is 2.38 bits per heavy atom. The topological polar surface area (TPSA) is 60.9 Å². The number of rotatable bonds is 4. The summed E-state index contributed by atoms with van der Waals surface area (Å²) in [5, 5.41) is 0.915. The van der Waals surface area contributed by atoms with Crippen molar-refractivity contribution < 1.29 is 18.7 Å². The van der Waals surface area contributed by atoms with E-state index in [2.05, 4.69) is 39.9 Å². The summed E-state index contributed by atoms with van der Waals surface area (Å²) in [6.07, 6.45) is -0.783. The molecular weight excluding hydrogens is 440 g/mol. The van der Waals surface area contributed by atoms with Crippen LogP contribution in [0.5, 0.6) is 0 Å². The smallest absolute Gasteiger partial charge is 0.413 e. The minimum absolute atomic E-state index is 0.0596. The number of hydrogen-bond acceptors (Lipinski definition) is 6. The van der Waals surface area contributed by atoms with Crippen LogP contribution in [0, 0.1) is 0 Å². The van der Waals surface area contributed by atoms with Crippen molar-refractivity contribution in [3.8, 4) is 0 Å². The Labute approximate surface area is 197 Å². The third kappa shape index (κ3) is 5.19. The van der Waals surface area contributed by atoms with Gasteiger partial charge in [-0.3, -0.25) is 4.90 Å². The van der Waals surface area contributed by atoms with E-state index in [1.165, 1.54) is 0 Å². The molecule has 0 N–H and O–H groups in total. The molecule has 0 bridgehead atoms. The number of carbonyl (C=O) groups excluding carboxylic acids is 1. The Bertz CT molecular complexity index is 941. The van der Waals surface area contributed by atoms with Gasteiger partial charge in [-0.1, -0.05) is 32.9 Å². The quantitative estimate of drug-likeness (QED) is 0.456. The Hall–Kier alpha value is -1.48. The van der Waals surface area contributed by atoms with Crippen molar-refractivity contribution in [1.29, 1.82) is 0 Å². The van der Waals surface area contributed by atoms with E-state index in [9.17, 15) is 4.79 Å². The zero-order chi connectivity index (χ0) is 24.1. The van der Waals surface area contributed by atoms with Gasteiger partial charge in [-0.25, -0.2) is 9.78 Å². The number of fused-ring (bicyclic) bond motifs is 1. The lowest BCUT2D eigenvalue weighted by Crippen LogP contribution is -2.53. The van der Waals surface area contributed by atoms with Crippen LogP contribution in [0.25, 0.3) is 10.2 Å². The zero-order valence-corrected chi connectivity index (χ0v) is 22.9. The van der Waals surface area contributed by atoms with Crippen molar-refractivity contribution in [1.82, 2.24) is 9.88 Å². The molecule has 0 radical (unpaired) electrons. The molecule has 1 saturated heterocycles. The number of ether oxygens (including phenoxy) is 2. The van der Waals surface area contributed by atoms with Crippen LogP contribution in [0.15, 0.2) is 24.3 Å². The first-order chi connectivity index (χ1) is 14.5. The highest BCUT2D eigenvalue weighted by molar-refractivity contribution is 7.18. The van der Waals surface area contributed by atoms with Crippen molar-refractivity contribution in [2.24, 2.45) is 0 Å². The molecule has 8 heteroatoms. The first kappa shape index (κ1) is 25.1. The van der Waals surface area contributed by atoms with Crippen molar-refractivity contribution in [3.05, 3.63) is 29.3 Å². The second-order valence-corrected chi connectivity index (χ2v) is 17.4. The number of benzene rings is 1. The van der Waals surface area contributed by atoms with E-state index in [4.69, 9.17) is 18.9 Å². The standard InChI is InChI=1S/C24H38N2O4SSi/c1-22(2,3)30-21(27)26-17(15-28-32(9,10)23(4,5)6)19(29-24(26,7)8)20-25-16-13-11-12-14-18(16)31-20/h11-14,17,19H,15H2,1-10H3/t17-,19?/m0/s1. The molecule has 1 unspecified atom stereocenters. The van der Waals surface area contributed by atoms with Crippen LogP contribution in [-0.4, -0.2) is 48.3 Å². The maximum atomic E-state index is 13.3. The number of carbonyl (C=O) groups is 1. The summed E-state index contributed by atoms with van der Waals surface area (Å²) in [6, 6.07) is 7.71. The summed E-state index contributed by atoms with van der Waals surface area (Å²) in [5.74, 6) is 0. The van der Waals surface area contributed by atoms with Crippen LogP contribution in [0.4, 0.5) is 4.79 Å². The average molecular weight is 479 g/mol. The van der Waals surface area contributed by atoms with Crippen molar-refractivity contribution >= 4 is 36.0 Å². The molecule has 2 aromatic rings. The van der Waals surface area contributed by atoms with Gasteiger partial charge >= 0.3 is 6.09 Å². The third-order valence-corrected chi connectivity index (χ3v) is 11.8. The van der Waals surface area contributed by atoms with Crippen LogP contribution in [0.1, 0.15) is 66.5 Å². The van der Waals surface area contributed by atoms with E-state index in [1.807, 2.05) is 52.8 Å². The minimum Gasteiger partial charge on any atom is -0.444 e. The molecule has 1 fully saturated rings. The molecule has 0 aliphatic carbocycles. The predicted molar refractivity (Wildman–Crippen MR) is 133 cm³/mol. The van der Waals surface area contributed by atoms with E-state index in [0.717, 1.165) is 15.2 Å². The molecule has 32 heavy (non-hydrogen) atoms. The zero-order valence-electron chi connectivity index (χ0n) is 21.1.